The van der Waals surface area contributed by atoms with Crippen LogP contribution in [0.1, 0.15) is 23.0 Å². The van der Waals surface area contributed by atoms with Crippen molar-refractivity contribution >= 4 is 22.9 Å². The summed E-state index contributed by atoms with van der Waals surface area (Å²) in [7, 11) is 0. The zero-order chi connectivity index (χ0) is 15.5. The number of aromatic amines is 1. The summed E-state index contributed by atoms with van der Waals surface area (Å²) < 4.78 is 13.7. The second-order valence-corrected chi connectivity index (χ2v) is 5.64. The number of benzene rings is 1. The minimum absolute atomic E-state index is 0.0166. The molecule has 0 aliphatic rings. The second kappa shape index (κ2) is 6.11. The van der Waals surface area contributed by atoms with E-state index >= 15 is 0 Å². The van der Waals surface area contributed by atoms with Crippen LogP contribution in [-0.4, -0.2) is 16.1 Å². The molecule has 0 atom stereocenters. The van der Waals surface area contributed by atoms with E-state index in [0.717, 1.165) is 10.6 Å². The Hall–Kier alpha value is -2.47. The van der Waals surface area contributed by atoms with Crippen molar-refractivity contribution in [3.63, 3.8) is 0 Å². The molecule has 22 heavy (non-hydrogen) atoms. The maximum Gasteiger partial charge on any atom is 0.258 e. The summed E-state index contributed by atoms with van der Waals surface area (Å²) in [5.41, 5.74) is 2.12. The van der Waals surface area contributed by atoms with Gasteiger partial charge in [0.25, 0.3) is 5.91 Å². The van der Waals surface area contributed by atoms with E-state index in [1.54, 1.807) is 12.1 Å². The molecule has 3 aromatic rings. The molecule has 2 heterocycles. The van der Waals surface area contributed by atoms with E-state index in [1.807, 2.05) is 24.4 Å². The third-order valence-electron chi connectivity index (χ3n) is 3.31. The van der Waals surface area contributed by atoms with Crippen molar-refractivity contribution in [3.05, 3.63) is 58.9 Å². The normalized spacial score (nSPS) is 10.6. The number of hydrogen-bond donors (Lipinski definition) is 2. The number of amides is 1. The molecule has 4 nitrogen and oxygen atoms in total. The fourth-order valence-electron chi connectivity index (χ4n) is 2.19. The van der Waals surface area contributed by atoms with Gasteiger partial charge in [0, 0.05) is 0 Å². The van der Waals surface area contributed by atoms with Crippen LogP contribution in [0.15, 0.2) is 41.8 Å². The van der Waals surface area contributed by atoms with Gasteiger partial charge in [0.2, 0.25) is 0 Å². The molecule has 0 aliphatic carbocycles. The first-order chi connectivity index (χ1) is 10.7. The van der Waals surface area contributed by atoms with Gasteiger partial charge in [0.1, 0.15) is 11.5 Å². The lowest BCUT2D eigenvalue weighted by Crippen LogP contribution is -2.14. The van der Waals surface area contributed by atoms with Crippen molar-refractivity contribution in [1.82, 2.24) is 10.2 Å². The summed E-state index contributed by atoms with van der Waals surface area (Å²) in [6.07, 6.45) is 0.686. The molecule has 1 aromatic carbocycles. The number of thiophene rings is 1. The summed E-state index contributed by atoms with van der Waals surface area (Å²) in [5.74, 6) is -1.02. The van der Waals surface area contributed by atoms with Crippen LogP contribution >= 0.6 is 11.3 Å². The Bertz CT molecular complexity index is 796. The monoisotopic (exact) mass is 315 g/mol. The molecular weight excluding hydrogens is 301 g/mol. The van der Waals surface area contributed by atoms with E-state index in [1.165, 1.54) is 23.5 Å². The van der Waals surface area contributed by atoms with Gasteiger partial charge in [-0.15, -0.1) is 11.3 Å². The van der Waals surface area contributed by atoms with Gasteiger partial charge in [-0.1, -0.05) is 25.1 Å². The first-order valence-electron chi connectivity index (χ1n) is 6.87. The van der Waals surface area contributed by atoms with Gasteiger partial charge in [-0.3, -0.25) is 9.89 Å². The van der Waals surface area contributed by atoms with Crippen molar-refractivity contribution in [2.45, 2.75) is 13.3 Å². The first kappa shape index (κ1) is 14.5. The quantitative estimate of drug-likeness (QED) is 0.762. The van der Waals surface area contributed by atoms with Gasteiger partial charge >= 0.3 is 0 Å². The largest absolute Gasteiger partial charge is 0.318 e. The van der Waals surface area contributed by atoms with Gasteiger partial charge in [-0.05, 0) is 30.0 Å². The zero-order valence-corrected chi connectivity index (χ0v) is 12.7. The number of halogens is 1. The number of rotatable bonds is 4. The van der Waals surface area contributed by atoms with E-state index < -0.39 is 11.7 Å². The fourth-order valence-corrected chi connectivity index (χ4v) is 2.91. The van der Waals surface area contributed by atoms with Gasteiger partial charge in [-0.2, -0.15) is 5.10 Å². The molecule has 0 bridgehead atoms. The molecule has 0 radical (unpaired) electrons. The Kier molecular flexibility index (Phi) is 4.02. The Balaban J connectivity index is 1.97. The number of carbonyl (C=O) groups is 1. The SMILES string of the molecule is CCc1[nH]nc(-c2cccs2)c1NC(=O)c1ccccc1F. The Morgan fingerprint density at radius 3 is 2.82 bits per heavy atom. The molecule has 0 saturated carbocycles. The maximum atomic E-state index is 13.7. The molecule has 3 rings (SSSR count). The van der Waals surface area contributed by atoms with E-state index in [0.29, 0.717) is 17.8 Å². The number of aryl methyl sites for hydroxylation is 1. The van der Waals surface area contributed by atoms with Gasteiger partial charge in [0.15, 0.2) is 0 Å². The molecule has 0 spiro atoms. The average Bonchev–Trinajstić information content (AvgIpc) is 3.16. The standard InChI is InChI=1S/C16H14FN3OS/c1-2-12-14(15(20-19-12)13-8-5-9-22-13)18-16(21)10-6-3-4-7-11(10)17/h3-9H,2H2,1H3,(H,18,21)(H,19,20). The third-order valence-corrected chi connectivity index (χ3v) is 4.18. The summed E-state index contributed by atoms with van der Waals surface area (Å²) in [6, 6.07) is 9.76. The van der Waals surface area contributed by atoms with Crippen LogP contribution in [0, 0.1) is 5.82 Å². The minimum Gasteiger partial charge on any atom is -0.318 e. The third kappa shape index (κ3) is 2.65. The molecule has 0 aliphatic heterocycles. The summed E-state index contributed by atoms with van der Waals surface area (Å²) >= 11 is 1.53. The Labute approximate surface area is 131 Å². The Morgan fingerprint density at radius 1 is 1.32 bits per heavy atom. The highest BCUT2D eigenvalue weighted by molar-refractivity contribution is 7.13. The lowest BCUT2D eigenvalue weighted by molar-refractivity contribution is 0.102. The van der Waals surface area contributed by atoms with E-state index in [4.69, 9.17) is 0 Å². The van der Waals surface area contributed by atoms with Crippen LogP contribution in [0.4, 0.5) is 10.1 Å². The zero-order valence-electron chi connectivity index (χ0n) is 11.9. The molecule has 112 valence electrons. The summed E-state index contributed by atoms with van der Waals surface area (Å²) in [6.45, 7) is 1.96. The highest BCUT2D eigenvalue weighted by Gasteiger charge is 2.19. The minimum atomic E-state index is -0.542. The lowest BCUT2D eigenvalue weighted by atomic mass is 10.1. The molecule has 2 aromatic heterocycles. The van der Waals surface area contributed by atoms with E-state index in [2.05, 4.69) is 15.5 Å². The number of hydrogen-bond acceptors (Lipinski definition) is 3. The second-order valence-electron chi connectivity index (χ2n) is 4.69. The van der Waals surface area contributed by atoms with Crippen molar-refractivity contribution < 1.29 is 9.18 Å². The molecule has 6 heteroatoms. The molecule has 2 N–H and O–H groups in total. The van der Waals surface area contributed by atoms with Crippen LogP contribution in [0.3, 0.4) is 0 Å². The van der Waals surface area contributed by atoms with Gasteiger partial charge in [-0.25, -0.2) is 4.39 Å². The van der Waals surface area contributed by atoms with E-state index in [9.17, 15) is 9.18 Å². The Morgan fingerprint density at radius 2 is 2.14 bits per heavy atom. The average molecular weight is 315 g/mol. The van der Waals surface area contributed by atoms with Crippen LogP contribution in [-0.2, 0) is 6.42 Å². The molecule has 0 saturated heterocycles. The van der Waals surface area contributed by atoms with Crippen molar-refractivity contribution in [3.8, 4) is 10.6 Å². The topological polar surface area (TPSA) is 57.8 Å². The van der Waals surface area contributed by atoms with Crippen molar-refractivity contribution in [2.75, 3.05) is 5.32 Å². The number of nitrogens with zero attached hydrogens (tertiary/aromatic N) is 1. The number of carbonyl (C=O) groups excluding carboxylic acids is 1. The van der Waals surface area contributed by atoms with Crippen molar-refractivity contribution in [1.29, 1.82) is 0 Å². The van der Waals surface area contributed by atoms with Crippen LogP contribution in [0.25, 0.3) is 10.6 Å². The molecule has 1 amide bonds. The summed E-state index contributed by atoms with van der Waals surface area (Å²) in [4.78, 5) is 13.3. The predicted molar refractivity (Wildman–Crippen MR) is 85.6 cm³/mol. The number of nitrogens with one attached hydrogen (secondary N) is 2. The number of anilines is 1. The van der Waals surface area contributed by atoms with Crippen LogP contribution in [0.5, 0.6) is 0 Å². The summed E-state index contributed by atoms with van der Waals surface area (Å²) in [5, 5.41) is 11.9. The molecule has 0 fully saturated rings. The molecular formula is C16H14FN3OS. The first-order valence-corrected chi connectivity index (χ1v) is 7.75. The van der Waals surface area contributed by atoms with E-state index in [-0.39, 0.29) is 5.56 Å². The number of H-pyrrole nitrogens is 1. The maximum absolute atomic E-state index is 13.7. The lowest BCUT2D eigenvalue weighted by Gasteiger charge is -2.07. The van der Waals surface area contributed by atoms with Gasteiger partial charge < -0.3 is 5.32 Å². The van der Waals surface area contributed by atoms with Crippen molar-refractivity contribution in [2.24, 2.45) is 0 Å². The van der Waals surface area contributed by atoms with Crippen LogP contribution in [0.2, 0.25) is 0 Å². The van der Waals surface area contributed by atoms with Crippen LogP contribution < -0.4 is 5.32 Å². The highest BCUT2D eigenvalue weighted by Crippen LogP contribution is 2.32. The molecule has 0 unspecified atom stereocenters. The number of aromatic nitrogens is 2. The van der Waals surface area contributed by atoms with Gasteiger partial charge in [0.05, 0.1) is 21.8 Å². The predicted octanol–water partition coefficient (Wildman–Crippen LogP) is 4.09. The fraction of sp³-hybridized carbons (Fsp3) is 0.125. The highest BCUT2D eigenvalue weighted by atomic mass is 32.1. The smallest absolute Gasteiger partial charge is 0.258 e.